The largest absolute Gasteiger partial charge is 0.482 e. The lowest BCUT2D eigenvalue weighted by Crippen LogP contribution is -2.60. The number of ether oxygens (including phenoxy) is 3. The third-order valence-corrected chi connectivity index (χ3v) is 10.4. The van der Waals surface area contributed by atoms with Crippen molar-refractivity contribution in [2.24, 2.45) is 17.3 Å². The van der Waals surface area contributed by atoms with Crippen LogP contribution in [-0.2, 0) is 43.0 Å². The summed E-state index contributed by atoms with van der Waals surface area (Å²) in [4.78, 5) is 111. The summed E-state index contributed by atoms with van der Waals surface area (Å²) in [5.74, 6) is -10.2. The summed E-state index contributed by atoms with van der Waals surface area (Å²) in [5, 5.41) is 13.4. The molecule has 2 aromatic carbocycles. The van der Waals surface area contributed by atoms with Gasteiger partial charge in [0.25, 0.3) is 5.91 Å². The lowest BCUT2D eigenvalue weighted by atomic mass is 9.75. The predicted octanol–water partition coefficient (Wildman–Crippen LogP) is 3.85. The number of methoxy groups -OCH3 is 2. The third kappa shape index (κ3) is 15.0. The lowest BCUT2D eigenvalue weighted by molar-refractivity contribution is -0.146. The minimum Gasteiger partial charge on any atom is -0.482 e. The van der Waals surface area contributed by atoms with Gasteiger partial charge in [-0.2, -0.15) is 0 Å². The van der Waals surface area contributed by atoms with Crippen LogP contribution in [0.1, 0.15) is 92.1 Å². The summed E-state index contributed by atoms with van der Waals surface area (Å²) >= 11 is 0. The highest BCUT2D eigenvalue weighted by Gasteiger charge is 2.42. The highest BCUT2D eigenvalue weighted by molar-refractivity contribution is 6.00. The van der Waals surface area contributed by atoms with Crippen molar-refractivity contribution >= 4 is 58.2 Å². The molecule has 0 aliphatic rings. The summed E-state index contributed by atoms with van der Waals surface area (Å²) < 4.78 is 44.0. The first-order valence-corrected chi connectivity index (χ1v) is 21.0. The molecule has 0 aliphatic carbocycles. The normalized spacial score (nSPS) is 14.0. The van der Waals surface area contributed by atoms with Gasteiger partial charge in [-0.25, -0.2) is 13.8 Å². The number of esters is 2. The fourth-order valence-corrected chi connectivity index (χ4v) is 7.09. The molecule has 1 aromatic heterocycles. The average Bonchev–Trinajstić information content (AvgIpc) is 3.23. The van der Waals surface area contributed by atoms with Gasteiger partial charge in [0.05, 0.1) is 38.6 Å². The number of nitrogens with zero attached hydrogens (tertiary/aromatic N) is 1. The Balaban J connectivity index is 1.75. The molecule has 0 saturated carbocycles. The zero-order valence-electron chi connectivity index (χ0n) is 38.6. The molecule has 17 nitrogen and oxygen atoms in total. The van der Waals surface area contributed by atoms with Crippen molar-refractivity contribution in [3.63, 3.8) is 0 Å². The number of amides is 5. The SMILES string of the molecule is COC(=O)CC(NC(=O)[C@@H](NC(=O)c1ccc2ccccc2n1)C(C)C)C(=O)N[C@H](C(=O)NC(C)C(=O)N[C@@H](CC(=O)OC)C(=O)C(C)(C)CC(C)(C)Oc1c(F)cccc1F)C(C)C. The summed E-state index contributed by atoms with van der Waals surface area (Å²) in [5.41, 5.74) is -2.11. The molecular weight excluding hydrogens is 851 g/mol. The van der Waals surface area contributed by atoms with Gasteiger partial charge in [0.1, 0.15) is 35.5 Å². The van der Waals surface area contributed by atoms with Crippen LogP contribution in [0.4, 0.5) is 8.78 Å². The van der Waals surface area contributed by atoms with Gasteiger partial charge >= 0.3 is 11.9 Å². The van der Waals surface area contributed by atoms with Crippen LogP contribution in [0.25, 0.3) is 10.9 Å². The van der Waals surface area contributed by atoms with Crippen molar-refractivity contribution in [2.45, 2.75) is 117 Å². The van der Waals surface area contributed by atoms with E-state index in [1.165, 1.54) is 46.8 Å². The van der Waals surface area contributed by atoms with Crippen molar-refractivity contribution in [2.75, 3.05) is 14.2 Å². The van der Waals surface area contributed by atoms with Crippen LogP contribution in [0.15, 0.2) is 54.6 Å². The number of halogens is 2. The van der Waals surface area contributed by atoms with Crippen molar-refractivity contribution < 1.29 is 61.3 Å². The Labute approximate surface area is 376 Å². The Morgan fingerprint density at radius 3 is 1.71 bits per heavy atom. The van der Waals surface area contributed by atoms with E-state index in [2.05, 4.69) is 31.6 Å². The first-order chi connectivity index (χ1) is 30.3. The van der Waals surface area contributed by atoms with Crippen LogP contribution < -0.4 is 31.3 Å². The van der Waals surface area contributed by atoms with Crippen LogP contribution in [0.2, 0.25) is 0 Å². The summed E-state index contributed by atoms with van der Waals surface area (Å²) in [6.07, 6.45) is -1.39. The number of pyridine rings is 1. The molecule has 354 valence electrons. The molecule has 2 unspecified atom stereocenters. The number of carbonyl (C=O) groups is 8. The van der Waals surface area contributed by atoms with E-state index in [0.717, 1.165) is 31.7 Å². The van der Waals surface area contributed by atoms with Gasteiger partial charge in [-0.05, 0) is 63.3 Å². The lowest BCUT2D eigenvalue weighted by Gasteiger charge is -2.36. The van der Waals surface area contributed by atoms with E-state index in [1.54, 1.807) is 45.9 Å². The van der Waals surface area contributed by atoms with Gasteiger partial charge in [-0.1, -0.05) is 71.9 Å². The topological polar surface area (TPSA) is 237 Å². The summed E-state index contributed by atoms with van der Waals surface area (Å²) in [6, 6.07) is 6.59. The quantitative estimate of drug-likeness (QED) is 0.0905. The van der Waals surface area contributed by atoms with E-state index in [1.807, 2.05) is 12.1 Å². The number of Topliss-reactive ketones (excluding diaryl/α,β-unsaturated/α-hetero) is 1. The maximum Gasteiger partial charge on any atom is 0.308 e. The van der Waals surface area contributed by atoms with Gasteiger partial charge in [0.2, 0.25) is 23.6 Å². The molecule has 0 fully saturated rings. The van der Waals surface area contributed by atoms with Crippen LogP contribution in [0.3, 0.4) is 0 Å². The molecule has 3 rings (SSSR count). The van der Waals surface area contributed by atoms with E-state index in [4.69, 9.17) is 14.2 Å². The summed E-state index contributed by atoms with van der Waals surface area (Å²) in [7, 11) is 2.17. The molecule has 0 spiro atoms. The van der Waals surface area contributed by atoms with Gasteiger partial charge in [0.15, 0.2) is 23.2 Å². The molecule has 5 N–H and O–H groups in total. The maximum atomic E-state index is 14.4. The van der Waals surface area contributed by atoms with E-state index in [0.29, 0.717) is 5.52 Å². The van der Waals surface area contributed by atoms with Crippen LogP contribution in [0.5, 0.6) is 5.75 Å². The number of carbonyl (C=O) groups excluding carboxylic acids is 8. The minimum absolute atomic E-state index is 0.0420. The first-order valence-electron chi connectivity index (χ1n) is 21.0. The second-order valence-electron chi connectivity index (χ2n) is 17.6. The minimum atomic E-state index is -1.59. The molecular formula is C46H60F2N6O11. The summed E-state index contributed by atoms with van der Waals surface area (Å²) in [6.45, 7) is 13.8. The Morgan fingerprint density at radius 1 is 0.615 bits per heavy atom. The number of benzene rings is 2. The van der Waals surface area contributed by atoms with Crippen LogP contribution >= 0.6 is 0 Å². The molecule has 0 saturated heterocycles. The molecule has 19 heteroatoms. The first kappa shape index (κ1) is 52.8. The van der Waals surface area contributed by atoms with E-state index in [-0.39, 0.29) is 12.1 Å². The van der Waals surface area contributed by atoms with Crippen molar-refractivity contribution in [3.8, 4) is 5.75 Å². The number of ketones is 1. The molecule has 65 heavy (non-hydrogen) atoms. The number of fused-ring (bicyclic) bond motifs is 1. The van der Waals surface area contributed by atoms with Crippen molar-refractivity contribution in [1.82, 2.24) is 31.6 Å². The third-order valence-electron chi connectivity index (χ3n) is 10.4. The number of hydrogen-bond acceptors (Lipinski definition) is 12. The van der Waals surface area contributed by atoms with E-state index in [9.17, 15) is 47.1 Å². The fourth-order valence-electron chi connectivity index (χ4n) is 7.09. The number of rotatable bonds is 22. The number of para-hydroxylation sites is 2. The predicted molar refractivity (Wildman–Crippen MR) is 234 cm³/mol. The van der Waals surface area contributed by atoms with E-state index < -0.39 is 131 Å². The van der Waals surface area contributed by atoms with Crippen LogP contribution in [0, 0.1) is 28.9 Å². The molecule has 0 bridgehead atoms. The van der Waals surface area contributed by atoms with Crippen molar-refractivity contribution in [1.29, 1.82) is 0 Å². The smallest absolute Gasteiger partial charge is 0.308 e. The standard InChI is InChI=1S/C46H60F2N6O11/c1-24(2)36(54-42(60)33(22-35(56)64-11)52-44(62)37(25(3)4)53-41(59)31-20-19-27-15-12-13-18-30(27)50-31)43(61)49-26(5)40(58)51-32(21-34(55)63-10)39(57)45(6,7)23-46(8,9)65-38-28(47)16-14-17-29(38)48/h12-20,24-26,32-33,36-37H,21-23H2,1-11H3,(H,49,61)(H,51,58)(H,52,62)(H,53,59)(H,54,60)/t26?,32-,33?,36-,37-/m0/s1. The molecule has 0 aliphatic heterocycles. The Morgan fingerprint density at radius 2 is 1.14 bits per heavy atom. The van der Waals surface area contributed by atoms with Gasteiger partial charge in [0, 0.05) is 10.8 Å². The Hall–Kier alpha value is -6.53. The maximum absolute atomic E-state index is 14.4. The van der Waals surface area contributed by atoms with Crippen molar-refractivity contribution in [3.05, 3.63) is 71.9 Å². The average molecular weight is 911 g/mol. The molecule has 3 aromatic rings. The second-order valence-corrected chi connectivity index (χ2v) is 17.6. The van der Waals surface area contributed by atoms with E-state index >= 15 is 0 Å². The monoisotopic (exact) mass is 910 g/mol. The van der Waals surface area contributed by atoms with Gasteiger partial charge < -0.3 is 40.8 Å². The van der Waals surface area contributed by atoms with Crippen LogP contribution in [-0.4, -0.2) is 102 Å². The fraction of sp³-hybridized carbons (Fsp3) is 0.500. The Kier molecular flexibility index (Phi) is 18.6. The molecule has 0 radical (unpaired) electrons. The second kappa shape index (κ2) is 22.9. The van der Waals surface area contributed by atoms with Gasteiger partial charge in [-0.3, -0.25) is 38.4 Å². The highest BCUT2D eigenvalue weighted by Crippen LogP contribution is 2.35. The Bertz CT molecular complexity index is 2230. The molecule has 1 heterocycles. The zero-order chi connectivity index (χ0) is 49.0. The molecule has 5 amide bonds. The highest BCUT2D eigenvalue weighted by atomic mass is 19.1. The number of aromatic nitrogens is 1. The number of nitrogens with one attached hydrogen (secondary N) is 5. The molecule has 5 atom stereocenters. The zero-order valence-corrected chi connectivity index (χ0v) is 38.6. The van der Waals surface area contributed by atoms with Gasteiger partial charge in [-0.15, -0.1) is 0 Å². The number of hydrogen-bond donors (Lipinski definition) is 5.